The van der Waals surface area contributed by atoms with E-state index in [0.29, 0.717) is 6.42 Å². The molecule has 3 nitrogen and oxygen atoms in total. The standard InChI is InChI=1S/C13H21NO2.ClH/c1-13(2,3)10-4-5-12(16)9(6-10)7-11(14)8-15;/h4-6,11,15-16H,7-8,14H2,1-3H3;1H. The van der Waals surface area contributed by atoms with Crippen molar-refractivity contribution in [2.45, 2.75) is 38.6 Å². The lowest BCUT2D eigenvalue weighted by atomic mass is 9.85. The third-order valence-corrected chi connectivity index (χ3v) is 2.66. The van der Waals surface area contributed by atoms with Crippen LogP contribution in [0.25, 0.3) is 0 Å². The molecule has 98 valence electrons. The van der Waals surface area contributed by atoms with Crippen molar-refractivity contribution in [3.63, 3.8) is 0 Å². The highest BCUT2D eigenvalue weighted by Crippen LogP contribution is 2.27. The first kappa shape index (κ1) is 16.2. The Kier molecular flexibility index (Phi) is 5.96. The molecule has 1 aromatic rings. The van der Waals surface area contributed by atoms with E-state index >= 15 is 0 Å². The van der Waals surface area contributed by atoms with Crippen LogP contribution in [0.15, 0.2) is 18.2 Å². The van der Waals surface area contributed by atoms with Crippen LogP contribution in [0.3, 0.4) is 0 Å². The molecule has 0 spiro atoms. The van der Waals surface area contributed by atoms with Gasteiger partial charge < -0.3 is 15.9 Å². The number of aliphatic hydroxyl groups excluding tert-OH is 1. The van der Waals surface area contributed by atoms with Crippen molar-refractivity contribution >= 4 is 12.4 Å². The van der Waals surface area contributed by atoms with E-state index in [1.807, 2.05) is 12.1 Å². The zero-order valence-electron chi connectivity index (χ0n) is 10.6. The van der Waals surface area contributed by atoms with Crippen molar-refractivity contribution in [3.8, 4) is 5.75 Å². The van der Waals surface area contributed by atoms with Crippen LogP contribution < -0.4 is 5.73 Å². The first-order chi connectivity index (χ1) is 7.34. The zero-order valence-corrected chi connectivity index (χ0v) is 11.4. The quantitative estimate of drug-likeness (QED) is 0.778. The third-order valence-electron chi connectivity index (χ3n) is 2.66. The van der Waals surface area contributed by atoms with Crippen LogP contribution in [-0.4, -0.2) is 22.9 Å². The Labute approximate surface area is 109 Å². The Morgan fingerprint density at radius 2 is 1.88 bits per heavy atom. The summed E-state index contributed by atoms with van der Waals surface area (Å²) in [7, 11) is 0. The molecule has 0 bridgehead atoms. The smallest absolute Gasteiger partial charge is 0.118 e. The number of hydrogen-bond acceptors (Lipinski definition) is 3. The second-order valence-corrected chi connectivity index (χ2v) is 5.24. The van der Waals surface area contributed by atoms with Crippen LogP contribution in [0.5, 0.6) is 5.75 Å². The molecule has 0 amide bonds. The maximum absolute atomic E-state index is 9.71. The maximum Gasteiger partial charge on any atom is 0.118 e. The number of benzene rings is 1. The van der Waals surface area contributed by atoms with Gasteiger partial charge in [0.05, 0.1) is 6.61 Å². The molecule has 1 aromatic carbocycles. The topological polar surface area (TPSA) is 66.5 Å². The minimum absolute atomic E-state index is 0. The van der Waals surface area contributed by atoms with Crippen molar-refractivity contribution in [3.05, 3.63) is 29.3 Å². The van der Waals surface area contributed by atoms with Gasteiger partial charge in [-0.1, -0.05) is 32.9 Å². The summed E-state index contributed by atoms with van der Waals surface area (Å²) in [4.78, 5) is 0. The van der Waals surface area contributed by atoms with Gasteiger partial charge >= 0.3 is 0 Å². The predicted octanol–water partition coefficient (Wildman–Crippen LogP) is 1.97. The van der Waals surface area contributed by atoms with Crippen LogP contribution in [0.1, 0.15) is 31.9 Å². The van der Waals surface area contributed by atoms with E-state index in [0.717, 1.165) is 11.1 Å². The molecule has 0 aromatic heterocycles. The van der Waals surface area contributed by atoms with E-state index in [1.54, 1.807) is 6.07 Å². The van der Waals surface area contributed by atoms with Gasteiger partial charge in [-0.15, -0.1) is 12.4 Å². The fraction of sp³-hybridized carbons (Fsp3) is 0.538. The van der Waals surface area contributed by atoms with Gasteiger partial charge in [-0.05, 0) is 29.0 Å². The maximum atomic E-state index is 9.71. The van der Waals surface area contributed by atoms with Crippen LogP contribution in [-0.2, 0) is 11.8 Å². The Balaban J connectivity index is 0.00000256. The van der Waals surface area contributed by atoms with Crippen molar-refractivity contribution in [1.29, 1.82) is 0 Å². The lowest BCUT2D eigenvalue weighted by molar-refractivity contribution is 0.264. The van der Waals surface area contributed by atoms with Gasteiger partial charge in [0.25, 0.3) is 0 Å². The number of phenols is 1. The zero-order chi connectivity index (χ0) is 12.3. The van der Waals surface area contributed by atoms with E-state index < -0.39 is 0 Å². The number of nitrogens with two attached hydrogens (primary N) is 1. The summed E-state index contributed by atoms with van der Waals surface area (Å²) >= 11 is 0. The molecular formula is C13H22ClNO2. The molecule has 0 aliphatic rings. The highest BCUT2D eigenvalue weighted by Gasteiger charge is 2.16. The molecule has 0 aliphatic carbocycles. The highest BCUT2D eigenvalue weighted by molar-refractivity contribution is 5.85. The van der Waals surface area contributed by atoms with Crippen LogP contribution in [0.4, 0.5) is 0 Å². The summed E-state index contributed by atoms with van der Waals surface area (Å²) in [5, 5.41) is 18.6. The molecule has 1 atom stereocenters. The molecule has 0 heterocycles. The van der Waals surface area contributed by atoms with Crippen molar-refractivity contribution in [1.82, 2.24) is 0 Å². The number of aromatic hydroxyl groups is 1. The fourth-order valence-corrected chi connectivity index (χ4v) is 1.56. The van der Waals surface area contributed by atoms with E-state index in [2.05, 4.69) is 20.8 Å². The summed E-state index contributed by atoms with van der Waals surface area (Å²) in [6.07, 6.45) is 0.492. The van der Waals surface area contributed by atoms with Gasteiger partial charge in [0.1, 0.15) is 5.75 Å². The van der Waals surface area contributed by atoms with Gasteiger partial charge in [-0.2, -0.15) is 0 Å². The van der Waals surface area contributed by atoms with Crippen molar-refractivity contribution in [2.24, 2.45) is 5.73 Å². The Morgan fingerprint density at radius 1 is 1.29 bits per heavy atom. The lowest BCUT2D eigenvalue weighted by Gasteiger charge is -2.21. The first-order valence-electron chi connectivity index (χ1n) is 5.53. The normalized spacial score (nSPS) is 13.0. The average molecular weight is 260 g/mol. The largest absolute Gasteiger partial charge is 0.508 e. The molecule has 0 fully saturated rings. The van der Waals surface area contributed by atoms with Gasteiger partial charge in [-0.25, -0.2) is 0 Å². The molecule has 0 saturated heterocycles. The lowest BCUT2D eigenvalue weighted by Crippen LogP contribution is -2.27. The molecule has 17 heavy (non-hydrogen) atoms. The highest BCUT2D eigenvalue weighted by atomic mass is 35.5. The summed E-state index contributed by atoms with van der Waals surface area (Å²) in [5.41, 5.74) is 7.68. The van der Waals surface area contributed by atoms with E-state index in [1.165, 1.54) is 0 Å². The van der Waals surface area contributed by atoms with E-state index in [9.17, 15) is 5.11 Å². The minimum Gasteiger partial charge on any atom is -0.508 e. The van der Waals surface area contributed by atoms with Crippen LogP contribution in [0.2, 0.25) is 0 Å². The molecule has 4 N–H and O–H groups in total. The number of rotatable bonds is 3. The van der Waals surface area contributed by atoms with E-state index in [-0.39, 0.29) is 36.2 Å². The van der Waals surface area contributed by atoms with Crippen LogP contribution in [0, 0.1) is 0 Å². The number of phenolic OH excluding ortho intramolecular Hbond substituents is 1. The number of hydrogen-bond donors (Lipinski definition) is 3. The van der Waals surface area contributed by atoms with Crippen molar-refractivity contribution < 1.29 is 10.2 Å². The molecular weight excluding hydrogens is 238 g/mol. The van der Waals surface area contributed by atoms with E-state index in [4.69, 9.17) is 10.8 Å². The molecule has 0 aliphatic heterocycles. The second kappa shape index (κ2) is 6.24. The predicted molar refractivity (Wildman–Crippen MR) is 72.8 cm³/mol. The summed E-state index contributed by atoms with van der Waals surface area (Å²) < 4.78 is 0. The van der Waals surface area contributed by atoms with Crippen molar-refractivity contribution in [2.75, 3.05) is 6.61 Å². The second-order valence-electron chi connectivity index (χ2n) is 5.24. The van der Waals surface area contributed by atoms with Gasteiger partial charge in [0.2, 0.25) is 0 Å². The molecule has 4 heteroatoms. The van der Waals surface area contributed by atoms with Gasteiger partial charge in [0, 0.05) is 6.04 Å². The molecule has 1 unspecified atom stereocenters. The SMILES string of the molecule is CC(C)(C)c1ccc(O)c(CC(N)CO)c1.Cl. The Hall–Kier alpha value is -0.770. The summed E-state index contributed by atoms with van der Waals surface area (Å²) in [6.45, 7) is 6.29. The first-order valence-corrected chi connectivity index (χ1v) is 5.53. The Bertz CT molecular complexity index is 361. The number of aliphatic hydroxyl groups is 1. The average Bonchev–Trinajstić information content (AvgIpc) is 2.19. The third kappa shape index (κ3) is 4.54. The summed E-state index contributed by atoms with van der Waals surface area (Å²) in [5.74, 6) is 0.247. The fourth-order valence-electron chi connectivity index (χ4n) is 1.56. The molecule has 0 saturated carbocycles. The van der Waals surface area contributed by atoms with Gasteiger partial charge in [-0.3, -0.25) is 0 Å². The summed E-state index contributed by atoms with van der Waals surface area (Å²) in [6, 6.07) is 5.26. The number of halogens is 1. The van der Waals surface area contributed by atoms with Gasteiger partial charge in [0.15, 0.2) is 0 Å². The Morgan fingerprint density at radius 3 is 2.35 bits per heavy atom. The minimum atomic E-state index is -0.318. The van der Waals surface area contributed by atoms with Crippen LogP contribution >= 0.6 is 12.4 Å². The monoisotopic (exact) mass is 259 g/mol. The molecule has 1 rings (SSSR count). The molecule has 0 radical (unpaired) electrons.